The van der Waals surface area contributed by atoms with Gasteiger partial charge in [0, 0.05) is 20.0 Å². The Morgan fingerprint density at radius 3 is 2.86 bits per heavy atom. The van der Waals surface area contributed by atoms with Gasteiger partial charge in [0.2, 0.25) is 15.4 Å². The normalized spacial score (nSPS) is 20.2. The van der Waals surface area contributed by atoms with E-state index in [-0.39, 0.29) is 21.4 Å². The summed E-state index contributed by atoms with van der Waals surface area (Å²) in [7, 11) is -2.10. The van der Waals surface area contributed by atoms with Crippen molar-refractivity contribution in [1.29, 1.82) is 0 Å². The zero-order chi connectivity index (χ0) is 15.5. The number of aromatic nitrogens is 2. The Balaban J connectivity index is 2.15. The van der Waals surface area contributed by atoms with Crippen molar-refractivity contribution in [1.82, 2.24) is 19.8 Å². The second kappa shape index (κ2) is 6.77. The number of nitrogens with one attached hydrogen (secondary N) is 2. The molecule has 8 nitrogen and oxygen atoms in total. The molecule has 2 N–H and O–H groups in total. The molecule has 1 aliphatic rings. The Kier molecular flexibility index (Phi) is 5.25. The highest BCUT2D eigenvalue weighted by molar-refractivity contribution is 7.91. The maximum absolute atomic E-state index is 12.5. The molecule has 1 fully saturated rings. The van der Waals surface area contributed by atoms with Gasteiger partial charge in [-0.05, 0) is 32.4 Å². The van der Waals surface area contributed by atoms with Gasteiger partial charge in [0.1, 0.15) is 0 Å². The molecular weight excluding hydrogens is 314 g/mol. The number of hydrogen-bond donors (Lipinski definition) is 2. The SMILES string of the molecule is CC(=O)Nc1nnc(S(=O)(=O)N(C)C2CCCNCC2)s1. The number of sulfonamides is 1. The molecule has 1 aromatic heterocycles. The van der Waals surface area contributed by atoms with E-state index in [9.17, 15) is 13.2 Å². The van der Waals surface area contributed by atoms with Crippen molar-refractivity contribution in [2.24, 2.45) is 0 Å². The Bertz CT molecular complexity index is 593. The predicted molar refractivity (Wildman–Crippen MR) is 79.7 cm³/mol. The van der Waals surface area contributed by atoms with Crippen LogP contribution in [0.5, 0.6) is 0 Å². The largest absolute Gasteiger partial charge is 0.317 e. The summed E-state index contributed by atoms with van der Waals surface area (Å²) < 4.78 is 26.4. The third-order valence-corrected chi connectivity index (χ3v) is 6.44. The first kappa shape index (κ1) is 16.3. The van der Waals surface area contributed by atoms with Crippen molar-refractivity contribution in [3.8, 4) is 0 Å². The Hall–Kier alpha value is -1.10. The van der Waals surface area contributed by atoms with Gasteiger partial charge in [-0.25, -0.2) is 8.42 Å². The molecule has 1 saturated heterocycles. The van der Waals surface area contributed by atoms with E-state index in [0.29, 0.717) is 0 Å². The lowest BCUT2D eigenvalue weighted by Gasteiger charge is -2.24. The lowest BCUT2D eigenvalue weighted by Crippen LogP contribution is -2.37. The van der Waals surface area contributed by atoms with Crippen LogP contribution in [0.2, 0.25) is 0 Å². The quantitative estimate of drug-likeness (QED) is 0.766. The fourth-order valence-corrected chi connectivity index (χ4v) is 4.73. The summed E-state index contributed by atoms with van der Waals surface area (Å²) in [5, 5.41) is 13.3. The second-order valence-corrected chi connectivity index (χ2v) is 8.06. The van der Waals surface area contributed by atoms with Gasteiger partial charge in [-0.3, -0.25) is 4.79 Å². The topological polar surface area (TPSA) is 104 Å². The number of anilines is 1. The highest BCUT2D eigenvalue weighted by Gasteiger charge is 2.31. The third-order valence-electron chi connectivity index (χ3n) is 3.35. The maximum atomic E-state index is 12.5. The zero-order valence-corrected chi connectivity index (χ0v) is 13.6. The van der Waals surface area contributed by atoms with Gasteiger partial charge in [0.15, 0.2) is 0 Å². The molecule has 0 aromatic carbocycles. The number of amides is 1. The molecule has 0 saturated carbocycles. The first-order chi connectivity index (χ1) is 9.91. The van der Waals surface area contributed by atoms with Crippen LogP contribution in [0.1, 0.15) is 26.2 Å². The van der Waals surface area contributed by atoms with Gasteiger partial charge in [-0.15, -0.1) is 10.2 Å². The van der Waals surface area contributed by atoms with Crippen LogP contribution in [-0.4, -0.2) is 55.0 Å². The molecule has 1 aliphatic heterocycles. The second-order valence-electron chi connectivity index (χ2n) is 4.91. The van der Waals surface area contributed by atoms with Crippen LogP contribution in [0.3, 0.4) is 0 Å². The summed E-state index contributed by atoms with van der Waals surface area (Å²) in [6.45, 7) is 3.05. The van der Waals surface area contributed by atoms with E-state index in [1.54, 1.807) is 7.05 Å². The first-order valence-electron chi connectivity index (χ1n) is 6.71. The molecule has 0 spiro atoms. The van der Waals surface area contributed by atoms with Crippen molar-refractivity contribution < 1.29 is 13.2 Å². The Morgan fingerprint density at radius 2 is 2.14 bits per heavy atom. The van der Waals surface area contributed by atoms with Crippen molar-refractivity contribution in [2.75, 3.05) is 25.5 Å². The molecule has 1 aromatic rings. The minimum Gasteiger partial charge on any atom is -0.317 e. The Morgan fingerprint density at radius 1 is 1.38 bits per heavy atom. The number of carbonyl (C=O) groups excluding carboxylic acids is 1. The van der Waals surface area contributed by atoms with Crippen LogP contribution in [0.15, 0.2) is 4.34 Å². The van der Waals surface area contributed by atoms with Crippen LogP contribution < -0.4 is 10.6 Å². The molecule has 0 radical (unpaired) electrons. The summed E-state index contributed by atoms with van der Waals surface area (Å²) in [5.74, 6) is -0.307. The molecule has 0 bridgehead atoms. The minimum atomic E-state index is -3.67. The van der Waals surface area contributed by atoms with Crippen molar-refractivity contribution >= 4 is 32.4 Å². The van der Waals surface area contributed by atoms with Crippen LogP contribution in [0.4, 0.5) is 5.13 Å². The fraction of sp³-hybridized carbons (Fsp3) is 0.727. The maximum Gasteiger partial charge on any atom is 0.272 e. The van der Waals surface area contributed by atoms with Gasteiger partial charge >= 0.3 is 0 Å². The summed E-state index contributed by atoms with van der Waals surface area (Å²) >= 11 is 0.866. The summed E-state index contributed by atoms with van der Waals surface area (Å²) in [5.41, 5.74) is 0. The van der Waals surface area contributed by atoms with E-state index >= 15 is 0 Å². The van der Waals surface area contributed by atoms with Gasteiger partial charge in [-0.1, -0.05) is 11.3 Å². The standard InChI is InChI=1S/C11H19N5O3S2/c1-8(17)13-10-14-15-11(20-10)21(18,19)16(2)9-4-3-6-12-7-5-9/h9,12H,3-7H2,1-2H3,(H,13,14,17). The molecule has 1 unspecified atom stereocenters. The monoisotopic (exact) mass is 333 g/mol. The Labute approximate surface area is 128 Å². The number of carbonyl (C=O) groups is 1. The summed E-state index contributed by atoms with van der Waals surface area (Å²) in [6, 6.07) is -0.0434. The van der Waals surface area contributed by atoms with E-state index in [1.165, 1.54) is 11.2 Å². The average Bonchev–Trinajstić information content (AvgIpc) is 2.73. The number of rotatable bonds is 4. The van der Waals surface area contributed by atoms with Crippen LogP contribution in [0, 0.1) is 0 Å². The zero-order valence-electron chi connectivity index (χ0n) is 12.0. The van der Waals surface area contributed by atoms with Crippen LogP contribution >= 0.6 is 11.3 Å². The fourth-order valence-electron chi connectivity index (χ4n) is 2.20. The lowest BCUT2D eigenvalue weighted by molar-refractivity contribution is -0.114. The predicted octanol–water partition coefficient (Wildman–Crippen LogP) is 0.259. The molecule has 2 heterocycles. The summed E-state index contributed by atoms with van der Waals surface area (Å²) in [6.07, 6.45) is 2.53. The van der Waals surface area contributed by atoms with Gasteiger partial charge < -0.3 is 10.6 Å². The van der Waals surface area contributed by atoms with E-state index in [4.69, 9.17) is 0 Å². The highest BCUT2D eigenvalue weighted by atomic mass is 32.2. The van der Waals surface area contributed by atoms with Crippen molar-refractivity contribution in [3.63, 3.8) is 0 Å². The van der Waals surface area contributed by atoms with E-state index in [1.807, 2.05) is 0 Å². The molecule has 1 atom stereocenters. The lowest BCUT2D eigenvalue weighted by atomic mass is 10.1. The van der Waals surface area contributed by atoms with Crippen LogP contribution in [0.25, 0.3) is 0 Å². The van der Waals surface area contributed by atoms with Gasteiger partial charge in [0.05, 0.1) is 0 Å². The first-order valence-corrected chi connectivity index (χ1v) is 8.97. The highest BCUT2D eigenvalue weighted by Crippen LogP contribution is 2.25. The molecule has 0 aliphatic carbocycles. The van der Waals surface area contributed by atoms with Crippen molar-refractivity contribution in [3.05, 3.63) is 0 Å². The third kappa shape index (κ3) is 3.96. The summed E-state index contributed by atoms with van der Waals surface area (Å²) in [4.78, 5) is 11.0. The number of hydrogen-bond acceptors (Lipinski definition) is 7. The number of nitrogens with zero attached hydrogens (tertiary/aromatic N) is 3. The average molecular weight is 333 g/mol. The molecule has 1 amide bonds. The van der Waals surface area contributed by atoms with Gasteiger partial charge in [0.25, 0.3) is 10.0 Å². The van der Waals surface area contributed by atoms with Crippen LogP contribution in [-0.2, 0) is 14.8 Å². The smallest absolute Gasteiger partial charge is 0.272 e. The minimum absolute atomic E-state index is 0.0434. The molecule has 118 valence electrons. The van der Waals surface area contributed by atoms with Crippen molar-refractivity contribution in [2.45, 2.75) is 36.6 Å². The van der Waals surface area contributed by atoms with E-state index < -0.39 is 10.0 Å². The molecular formula is C11H19N5O3S2. The van der Waals surface area contributed by atoms with Gasteiger partial charge in [-0.2, -0.15) is 4.31 Å². The molecule has 10 heteroatoms. The van der Waals surface area contributed by atoms with E-state index in [0.717, 1.165) is 43.7 Å². The van der Waals surface area contributed by atoms with E-state index in [2.05, 4.69) is 20.8 Å². The molecule has 2 rings (SSSR count). The molecule has 21 heavy (non-hydrogen) atoms.